The molecule has 0 saturated carbocycles. The van der Waals surface area contributed by atoms with E-state index in [1.54, 1.807) is 7.11 Å². The van der Waals surface area contributed by atoms with Crippen molar-refractivity contribution >= 4 is 15.9 Å². The number of hydrogen-bond acceptors (Lipinski definition) is 3. The maximum atomic E-state index is 6.06. The maximum absolute atomic E-state index is 6.06. The highest BCUT2D eigenvalue weighted by Crippen LogP contribution is 2.26. The topological polar surface area (TPSA) is 38.5 Å². The van der Waals surface area contributed by atoms with Gasteiger partial charge in [0.25, 0.3) is 0 Å². The second kappa shape index (κ2) is 6.35. The second-order valence-corrected chi connectivity index (χ2v) is 6.51. The van der Waals surface area contributed by atoms with Gasteiger partial charge in [0.2, 0.25) is 0 Å². The third-order valence-corrected chi connectivity index (χ3v) is 4.71. The van der Waals surface area contributed by atoms with Crippen LogP contribution in [0, 0.1) is 0 Å². The standard InChI is InChI=1S/C15H23BrN2O/c1-15(11-17,18-8-7-14(10-18)19-2)9-12-3-5-13(16)6-4-12/h3-6,14H,7-11,17H2,1-2H3. The molecule has 0 aromatic heterocycles. The van der Waals surface area contributed by atoms with Crippen molar-refractivity contribution in [2.24, 2.45) is 5.73 Å². The molecule has 4 heteroatoms. The van der Waals surface area contributed by atoms with Crippen LogP contribution >= 0.6 is 15.9 Å². The molecule has 0 aliphatic carbocycles. The summed E-state index contributed by atoms with van der Waals surface area (Å²) in [5.41, 5.74) is 7.41. The first-order valence-electron chi connectivity index (χ1n) is 6.80. The first-order chi connectivity index (χ1) is 9.07. The zero-order chi connectivity index (χ0) is 13.9. The molecule has 1 fully saturated rings. The van der Waals surface area contributed by atoms with Gasteiger partial charge in [0.15, 0.2) is 0 Å². The van der Waals surface area contributed by atoms with Gasteiger partial charge in [-0.15, -0.1) is 0 Å². The third-order valence-electron chi connectivity index (χ3n) is 4.18. The van der Waals surface area contributed by atoms with Crippen molar-refractivity contribution in [2.45, 2.75) is 31.4 Å². The van der Waals surface area contributed by atoms with Crippen molar-refractivity contribution in [3.63, 3.8) is 0 Å². The van der Waals surface area contributed by atoms with Gasteiger partial charge >= 0.3 is 0 Å². The molecule has 2 rings (SSSR count). The van der Waals surface area contributed by atoms with E-state index < -0.39 is 0 Å². The number of ether oxygens (including phenoxy) is 1. The van der Waals surface area contributed by atoms with Crippen LogP contribution in [-0.2, 0) is 11.2 Å². The summed E-state index contributed by atoms with van der Waals surface area (Å²) < 4.78 is 6.58. The molecule has 1 aliphatic rings. The summed E-state index contributed by atoms with van der Waals surface area (Å²) in [4.78, 5) is 2.48. The van der Waals surface area contributed by atoms with Crippen LogP contribution in [0.5, 0.6) is 0 Å². The number of methoxy groups -OCH3 is 1. The van der Waals surface area contributed by atoms with E-state index in [2.05, 4.69) is 52.0 Å². The summed E-state index contributed by atoms with van der Waals surface area (Å²) in [6.07, 6.45) is 2.44. The predicted octanol–water partition coefficient (Wildman–Crippen LogP) is 2.43. The smallest absolute Gasteiger partial charge is 0.0710 e. The van der Waals surface area contributed by atoms with E-state index in [-0.39, 0.29) is 5.54 Å². The summed E-state index contributed by atoms with van der Waals surface area (Å²) in [6, 6.07) is 8.52. The Kier molecular flexibility index (Phi) is 5.01. The fraction of sp³-hybridized carbons (Fsp3) is 0.600. The summed E-state index contributed by atoms with van der Waals surface area (Å²) >= 11 is 3.47. The molecular formula is C15H23BrN2O. The minimum atomic E-state index is 0.0150. The molecule has 1 aromatic rings. The van der Waals surface area contributed by atoms with Crippen LogP contribution < -0.4 is 5.73 Å². The number of hydrogen-bond donors (Lipinski definition) is 1. The van der Waals surface area contributed by atoms with Crippen molar-refractivity contribution < 1.29 is 4.74 Å². The number of rotatable bonds is 5. The lowest BCUT2D eigenvalue weighted by atomic mass is 9.91. The highest BCUT2D eigenvalue weighted by molar-refractivity contribution is 9.10. The van der Waals surface area contributed by atoms with Gasteiger partial charge in [-0.25, -0.2) is 0 Å². The monoisotopic (exact) mass is 326 g/mol. The Balaban J connectivity index is 2.07. The Morgan fingerprint density at radius 2 is 2.11 bits per heavy atom. The molecule has 19 heavy (non-hydrogen) atoms. The number of nitrogens with two attached hydrogens (primary N) is 1. The lowest BCUT2D eigenvalue weighted by Gasteiger charge is -2.38. The second-order valence-electron chi connectivity index (χ2n) is 5.60. The highest BCUT2D eigenvalue weighted by Gasteiger charge is 2.36. The van der Waals surface area contributed by atoms with Gasteiger partial charge in [0, 0.05) is 36.8 Å². The molecule has 1 aromatic carbocycles. The van der Waals surface area contributed by atoms with Gasteiger partial charge in [-0.3, -0.25) is 4.90 Å². The van der Waals surface area contributed by atoms with Gasteiger partial charge in [0.05, 0.1) is 6.10 Å². The molecule has 1 saturated heterocycles. The molecule has 3 nitrogen and oxygen atoms in total. The molecule has 0 spiro atoms. The number of nitrogens with zero attached hydrogens (tertiary/aromatic N) is 1. The molecule has 2 atom stereocenters. The van der Waals surface area contributed by atoms with E-state index in [1.165, 1.54) is 5.56 Å². The van der Waals surface area contributed by atoms with Crippen LogP contribution in [0.1, 0.15) is 18.9 Å². The van der Waals surface area contributed by atoms with Gasteiger partial charge in [-0.2, -0.15) is 0 Å². The van der Waals surface area contributed by atoms with Crippen molar-refractivity contribution in [1.29, 1.82) is 0 Å². The number of halogens is 1. The SMILES string of the molecule is COC1CCN(C(C)(CN)Cc2ccc(Br)cc2)C1. The minimum Gasteiger partial charge on any atom is -0.380 e. The van der Waals surface area contributed by atoms with Crippen LogP contribution in [-0.4, -0.2) is 43.3 Å². The largest absolute Gasteiger partial charge is 0.380 e. The average Bonchev–Trinajstić information content (AvgIpc) is 2.91. The summed E-state index contributed by atoms with van der Waals surface area (Å²) in [7, 11) is 1.79. The molecule has 106 valence electrons. The van der Waals surface area contributed by atoms with Crippen LogP contribution in [0.2, 0.25) is 0 Å². The highest BCUT2D eigenvalue weighted by atomic mass is 79.9. The predicted molar refractivity (Wildman–Crippen MR) is 82.3 cm³/mol. The van der Waals surface area contributed by atoms with Crippen LogP contribution in [0.15, 0.2) is 28.7 Å². The normalized spacial score (nSPS) is 23.5. The van der Waals surface area contributed by atoms with E-state index in [0.717, 1.165) is 30.4 Å². The van der Waals surface area contributed by atoms with E-state index in [9.17, 15) is 0 Å². The van der Waals surface area contributed by atoms with E-state index in [0.29, 0.717) is 12.6 Å². The van der Waals surface area contributed by atoms with Gasteiger partial charge in [-0.05, 0) is 37.5 Å². The Bertz CT molecular complexity index is 409. The minimum absolute atomic E-state index is 0.0150. The summed E-state index contributed by atoms with van der Waals surface area (Å²) in [5, 5.41) is 0. The Labute approximate surface area is 124 Å². The lowest BCUT2D eigenvalue weighted by molar-refractivity contribution is 0.0802. The molecule has 1 aliphatic heterocycles. The van der Waals surface area contributed by atoms with Crippen LogP contribution in [0.25, 0.3) is 0 Å². The fourth-order valence-electron chi connectivity index (χ4n) is 2.77. The van der Waals surface area contributed by atoms with Crippen LogP contribution in [0.4, 0.5) is 0 Å². The quantitative estimate of drug-likeness (QED) is 0.903. The Morgan fingerprint density at radius 3 is 2.63 bits per heavy atom. The molecule has 0 radical (unpaired) electrons. The van der Waals surface area contributed by atoms with Gasteiger partial charge in [-0.1, -0.05) is 28.1 Å². The zero-order valence-corrected chi connectivity index (χ0v) is 13.3. The summed E-state index contributed by atoms with van der Waals surface area (Å²) in [6.45, 7) is 4.98. The average molecular weight is 327 g/mol. The first-order valence-corrected chi connectivity index (χ1v) is 7.59. The molecule has 0 amide bonds. The molecule has 0 bridgehead atoms. The van der Waals surface area contributed by atoms with E-state index in [1.807, 2.05) is 0 Å². The van der Waals surface area contributed by atoms with Crippen molar-refractivity contribution in [3.8, 4) is 0 Å². The molecule has 1 heterocycles. The van der Waals surface area contributed by atoms with Crippen LogP contribution in [0.3, 0.4) is 0 Å². The van der Waals surface area contributed by atoms with Gasteiger partial charge in [0.1, 0.15) is 0 Å². The summed E-state index contributed by atoms with van der Waals surface area (Å²) in [5.74, 6) is 0. The van der Waals surface area contributed by atoms with E-state index >= 15 is 0 Å². The fourth-order valence-corrected chi connectivity index (χ4v) is 3.03. The number of benzene rings is 1. The third kappa shape index (κ3) is 3.57. The molecule has 2 N–H and O–H groups in total. The lowest BCUT2D eigenvalue weighted by Crippen LogP contribution is -2.52. The first kappa shape index (κ1) is 15.0. The Morgan fingerprint density at radius 1 is 1.42 bits per heavy atom. The maximum Gasteiger partial charge on any atom is 0.0710 e. The Hall–Kier alpha value is -0.420. The van der Waals surface area contributed by atoms with Crippen molar-refractivity contribution in [1.82, 2.24) is 4.90 Å². The molecular weight excluding hydrogens is 304 g/mol. The van der Waals surface area contributed by atoms with Crippen molar-refractivity contribution in [3.05, 3.63) is 34.3 Å². The van der Waals surface area contributed by atoms with Crippen molar-refractivity contribution in [2.75, 3.05) is 26.7 Å². The van der Waals surface area contributed by atoms with Gasteiger partial charge < -0.3 is 10.5 Å². The number of likely N-dealkylation sites (tertiary alicyclic amines) is 1. The molecule has 2 unspecified atom stereocenters. The van der Waals surface area contributed by atoms with E-state index in [4.69, 9.17) is 10.5 Å². The zero-order valence-electron chi connectivity index (χ0n) is 11.7.